The van der Waals surface area contributed by atoms with Crippen molar-refractivity contribution in [1.29, 1.82) is 0 Å². The van der Waals surface area contributed by atoms with Crippen LogP contribution in [-0.2, 0) is 6.54 Å². The molecule has 1 aliphatic carbocycles. The summed E-state index contributed by atoms with van der Waals surface area (Å²) in [5.41, 5.74) is 0.815. The van der Waals surface area contributed by atoms with Gasteiger partial charge in [0.25, 0.3) is 0 Å². The van der Waals surface area contributed by atoms with Crippen LogP contribution in [0.15, 0.2) is 18.2 Å². The predicted octanol–water partition coefficient (Wildman–Crippen LogP) is 4.37. The van der Waals surface area contributed by atoms with Gasteiger partial charge in [0, 0.05) is 11.9 Å². The summed E-state index contributed by atoms with van der Waals surface area (Å²) in [6.07, 6.45) is 4.65. The highest BCUT2D eigenvalue weighted by Crippen LogP contribution is 2.27. The fourth-order valence-electron chi connectivity index (χ4n) is 2.51. The maximum Gasteiger partial charge on any atom is 0.142 e. The third kappa shape index (κ3) is 3.84. The Morgan fingerprint density at radius 1 is 1.33 bits per heavy atom. The minimum absolute atomic E-state index is 0.226. The van der Waals surface area contributed by atoms with Crippen LogP contribution in [0.1, 0.15) is 31.2 Å². The second kappa shape index (κ2) is 6.74. The van der Waals surface area contributed by atoms with Crippen LogP contribution >= 0.6 is 23.2 Å². The summed E-state index contributed by atoms with van der Waals surface area (Å²) in [7, 11) is 0. The van der Waals surface area contributed by atoms with E-state index in [-0.39, 0.29) is 10.8 Å². The minimum atomic E-state index is -0.352. The third-order valence-corrected chi connectivity index (χ3v) is 4.32. The fourth-order valence-corrected chi connectivity index (χ4v) is 3.11. The van der Waals surface area contributed by atoms with Crippen molar-refractivity contribution in [2.45, 2.75) is 37.6 Å². The molecule has 4 heteroatoms. The van der Waals surface area contributed by atoms with Crippen LogP contribution < -0.4 is 5.32 Å². The van der Waals surface area contributed by atoms with Crippen molar-refractivity contribution in [3.63, 3.8) is 0 Å². The molecule has 2 rings (SSSR count). The van der Waals surface area contributed by atoms with Gasteiger partial charge in [-0.3, -0.25) is 0 Å². The summed E-state index contributed by atoms with van der Waals surface area (Å²) in [5, 5.41) is 3.90. The highest BCUT2D eigenvalue weighted by Gasteiger charge is 2.19. The van der Waals surface area contributed by atoms with E-state index in [0.29, 0.717) is 17.8 Å². The summed E-state index contributed by atoms with van der Waals surface area (Å²) in [6, 6.07) is 4.92. The lowest BCUT2D eigenvalue weighted by Crippen LogP contribution is -2.27. The van der Waals surface area contributed by atoms with Gasteiger partial charge >= 0.3 is 0 Å². The lowest BCUT2D eigenvalue weighted by atomic mass is 9.89. The second-order valence-corrected chi connectivity index (χ2v) is 5.97. The Hall–Kier alpha value is -0.310. The maximum absolute atomic E-state index is 13.2. The van der Waals surface area contributed by atoms with Crippen LogP contribution in [0.5, 0.6) is 0 Å². The number of rotatable bonds is 4. The lowest BCUT2D eigenvalue weighted by Gasteiger charge is -2.25. The van der Waals surface area contributed by atoms with Crippen LogP contribution in [0.3, 0.4) is 0 Å². The van der Waals surface area contributed by atoms with Gasteiger partial charge in [-0.2, -0.15) is 0 Å². The van der Waals surface area contributed by atoms with E-state index in [0.717, 1.165) is 24.9 Å². The van der Waals surface area contributed by atoms with E-state index in [1.54, 1.807) is 6.07 Å². The Labute approximate surface area is 118 Å². The van der Waals surface area contributed by atoms with E-state index in [1.165, 1.54) is 18.9 Å². The lowest BCUT2D eigenvalue weighted by molar-refractivity contribution is 0.346. The van der Waals surface area contributed by atoms with Gasteiger partial charge in [0.15, 0.2) is 0 Å². The SMILES string of the molecule is Fc1cccc(CNCC2CCCC(Cl)C2)c1Cl. The first-order chi connectivity index (χ1) is 8.66. The van der Waals surface area contributed by atoms with E-state index < -0.39 is 0 Å². The van der Waals surface area contributed by atoms with Crippen molar-refractivity contribution >= 4 is 23.2 Å². The Balaban J connectivity index is 1.79. The summed E-state index contributed by atoms with van der Waals surface area (Å²) in [5.74, 6) is 0.281. The molecule has 0 radical (unpaired) electrons. The van der Waals surface area contributed by atoms with Crippen molar-refractivity contribution < 1.29 is 4.39 Å². The molecule has 0 amide bonds. The monoisotopic (exact) mass is 289 g/mol. The molecule has 100 valence electrons. The third-order valence-electron chi connectivity index (χ3n) is 3.50. The van der Waals surface area contributed by atoms with Crippen LogP contribution in [0.2, 0.25) is 5.02 Å². The van der Waals surface area contributed by atoms with Crippen molar-refractivity contribution in [2.24, 2.45) is 5.92 Å². The van der Waals surface area contributed by atoms with E-state index in [1.807, 2.05) is 6.07 Å². The Kier molecular flexibility index (Phi) is 5.28. The number of hydrogen-bond donors (Lipinski definition) is 1. The molecule has 1 fully saturated rings. The van der Waals surface area contributed by atoms with E-state index >= 15 is 0 Å². The molecule has 1 nitrogen and oxygen atoms in total. The molecule has 1 saturated carbocycles. The number of halogens is 3. The molecule has 0 heterocycles. The molecule has 1 aromatic carbocycles. The van der Waals surface area contributed by atoms with Gasteiger partial charge in [-0.1, -0.05) is 30.2 Å². The molecule has 1 aliphatic rings. The molecule has 1 N–H and O–H groups in total. The smallest absolute Gasteiger partial charge is 0.142 e. The first-order valence-corrected chi connectivity index (χ1v) is 7.26. The van der Waals surface area contributed by atoms with Gasteiger partial charge in [-0.05, 0) is 43.4 Å². The molecule has 0 aromatic heterocycles. The highest BCUT2D eigenvalue weighted by molar-refractivity contribution is 6.31. The van der Waals surface area contributed by atoms with Gasteiger partial charge in [-0.25, -0.2) is 4.39 Å². The van der Waals surface area contributed by atoms with Crippen LogP contribution in [-0.4, -0.2) is 11.9 Å². The topological polar surface area (TPSA) is 12.0 Å². The normalized spacial score (nSPS) is 24.2. The molecule has 0 saturated heterocycles. The molecular weight excluding hydrogens is 272 g/mol. The molecule has 0 spiro atoms. The largest absolute Gasteiger partial charge is 0.312 e. The second-order valence-electron chi connectivity index (χ2n) is 4.97. The van der Waals surface area contributed by atoms with Crippen molar-refractivity contribution in [3.05, 3.63) is 34.6 Å². The zero-order valence-electron chi connectivity index (χ0n) is 10.3. The van der Waals surface area contributed by atoms with Crippen LogP contribution in [0, 0.1) is 11.7 Å². The van der Waals surface area contributed by atoms with Gasteiger partial charge in [0.05, 0.1) is 5.02 Å². The molecule has 0 aliphatic heterocycles. The average molecular weight is 290 g/mol. The van der Waals surface area contributed by atoms with E-state index in [4.69, 9.17) is 23.2 Å². The number of alkyl halides is 1. The quantitative estimate of drug-likeness (QED) is 0.812. The van der Waals surface area contributed by atoms with Gasteiger partial charge in [-0.15, -0.1) is 11.6 Å². The average Bonchev–Trinajstić information content (AvgIpc) is 2.35. The summed E-state index contributed by atoms with van der Waals surface area (Å²) in [6.45, 7) is 1.54. The Bertz CT molecular complexity index is 397. The van der Waals surface area contributed by atoms with Crippen molar-refractivity contribution in [3.8, 4) is 0 Å². The van der Waals surface area contributed by atoms with Crippen molar-refractivity contribution in [1.82, 2.24) is 5.32 Å². The maximum atomic E-state index is 13.2. The first kappa shape index (κ1) is 14.1. The molecule has 18 heavy (non-hydrogen) atoms. The molecule has 0 bridgehead atoms. The fraction of sp³-hybridized carbons (Fsp3) is 0.571. The molecular formula is C14H18Cl2FN. The van der Waals surface area contributed by atoms with Crippen LogP contribution in [0.4, 0.5) is 4.39 Å². The van der Waals surface area contributed by atoms with Gasteiger partial charge in [0.2, 0.25) is 0 Å². The van der Waals surface area contributed by atoms with Gasteiger partial charge < -0.3 is 5.32 Å². The summed E-state index contributed by atoms with van der Waals surface area (Å²) in [4.78, 5) is 0. The van der Waals surface area contributed by atoms with Gasteiger partial charge in [0.1, 0.15) is 5.82 Å². The minimum Gasteiger partial charge on any atom is -0.312 e. The van der Waals surface area contributed by atoms with Crippen LogP contribution in [0.25, 0.3) is 0 Å². The Morgan fingerprint density at radius 3 is 2.94 bits per heavy atom. The zero-order chi connectivity index (χ0) is 13.0. The molecule has 2 atom stereocenters. The summed E-state index contributed by atoms with van der Waals surface area (Å²) >= 11 is 12.1. The summed E-state index contributed by atoms with van der Waals surface area (Å²) < 4.78 is 13.2. The predicted molar refractivity (Wildman–Crippen MR) is 74.7 cm³/mol. The number of nitrogens with one attached hydrogen (secondary N) is 1. The number of benzene rings is 1. The molecule has 2 unspecified atom stereocenters. The van der Waals surface area contributed by atoms with E-state index in [9.17, 15) is 4.39 Å². The standard InChI is InChI=1S/C14H18Cl2FN/c15-12-5-1-3-10(7-12)8-18-9-11-4-2-6-13(17)14(11)16/h2,4,6,10,12,18H,1,3,5,7-9H2. The highest BCUT2D eigenvalue weighted by atomic mass is 35.5. The van der Waals surface area contributed by atoms with Crippen molar-refractivity contribution in [2.75, 3.05) is 6.54 Å². The zero-order valence-corrected chi connectivity index (χ0v) is 11.8. The Morgan fingerprint density at radius 2 is 2.17 bits per heavy atom. The molecule has 1 aromatic rings. The number of hydrogen-bond acceptors (Lipinski definition) is 1. The van der Waals surface area contributed by atoms with E-state index in [2.05, 4.69) is 5.32 Å². The first-order valence-electron chi connectivity index (χ1n) is 6.44.